The highest BCUT2D eigenvalue weighted by molar-refractivity contribution is 6.30. The van der Waals surface area contributed by atoms with Crippen molar-refractivity contribution >= 4 is 17.5 Å². The number of aromatic amines is 1. The van der Waals surface area contributed by atoms with Gasteiger partial charge in [0.15, 0.2) is 0 Å². The molecular formula is C19H18ClN3O. The Morgan fingerprint density at radius 1 is 1.00 bits per heavy atom. The average molecular weight is 340 g/mol. The number of carbonyl (C=O) groups excluding carboxylic acids is 1. The van der Waals surface area contributed by atoms with Crippen LogP contribution < -0.4 is 5.32 Å². The Kier molecular flexibility index (Phi) is 5.29. The number of rotatable bonds is 6. The fraction of sp³-hybridized carbons (Fsp3) is 0.158. The molecule has 2 aromatic carbocycles. The molecular weight excluding hydrogens is 322 g/mol. The molecule has 122 valence electrons. The van der Waals surface area contributed by atoms with Crippen LogP contribution in [0.4, 0.5) is 0 Å². The lowest BCUT2D eigenvalue weighted by atomic mass is 10.1. The smallest absolute Gasteiger partial charge is 0.251 e. The minimum Gasteiger partial charge on any atom is -0.351 e. The maximum absolute atomic E-state index is 12.2. The summed E-state index contributed by atoms with van der Waals surface area (Å²) in [4.78, 5) is 19.3. The SMILES string of the molecule is O=C(NCc1ccc(Cl)cc1)c1ccc(CCc2c[nH]cn2)cc1. The Balaban J connectivity index is 1.52. The molecule has 0 bridgehead atoms. The number of nitrogens with one attached hydrogen (secondary N) is 2. The van der Waals surface area contributed by atoms with Crippen molar-refractivity contribution in [3.63, 3.8) is 0 Å². The number of halogens is 1. The summed E-state index contributed by atoms with van der Waals surface area (Å²) in [5.74, 6) is -0.0798. The van der Waals surface area contributed by atoms with Crippen LogP contribution in [0, 0.1) is 0 Å². The molecule has 0 saturated carbocycles. The number of aryl methyl sites for hydroxylation is 2. The van der Waals surface area contributed by atoms with E-state index in [-0.39, 0.29) is 5.91 Å². The minimum atomic E-state index is -0.0798. The van der Waals surface area contributed by atoms with Crippen molar-refractivity contribution in [2.24, 2.45) is 0 Å². The van der Waals surface area contributed by atoms with E-state index in [0.29, 0.717) is 17.1 Å². The van der Waals surface area contributed by atoms with Crippen LogP contribution in [0.3, 0.4) is 0 Å². The number of imidazole rings is 1. The second kappa shape index (κ2) is 7.79. The maximum atomic E-state index is 12.2. The second-order valence-corrected chi connectivity index (χ2v) is 6.00. The molecule has 1 aromatic heterocycles. The zero-order valence-electron chi connectivity index (χ0n) is 13.1. The Hall–Kier alpha value is -2.59. The number of aromatic nitrogens is 2. The van der Waals surface area contributed by atoms with Gasteiger partial charge in [-0.3, -0.25) is 4.79 Å². The van der Waals surface area contributed by atoms with E-state index < -0.39 is 0 Å². The zero-order chi connectivity index (χ0) is 16.8. The van der Waals surface area contributed by atoms with Crippen LogP contribution in [0.1, 0.15) is 27.2 Å². The van der Waals surface area contributed by atoms with Gasteiger partial charge in [-0.15, -0.1) is 0 Å². The van der Waals surface area contributed by atoms with E-state index >= 15 is 0 Å². The first kappa shape index (κ1) is 16.3. The molecule has 4 nitrogen and oxygen atoms in total. The highest BCUT2D eigenvalue weighted by atomic mass is 35.5. The van der Waals surface area contributed by atoms with Crippen LogP contribution >= 0.6 is 11.6 Å². The lowest BCUT2D eigenvalue weighted by Crippen LogP contribution is -2.22. The van der Waals surface area contributed by atoms with Crippen LogP contribution in [0.5, 0.6) is 0 Å². The molecule has 0 fully saturated rings. The van der Waals surface area contributed by atoms with Crippen LogP contribution in [-0.4, -0.2) is 15.9 Å². The van der Waals surface area contributed by atoms with Crippen molar-refractivity contribution in [2.75, 3.05) is 0 Å². The van der Waals surface area contributed by atoms with E-state index in [9.17, 15) is 4.79 Å². The van der Waals surface area contributed by atoms with Gasteiger partial charge in [-0.1, -0.05) is 35.9 Å². The van der Waals surface area contributed by atoms with E-state index in [1.54, 1.807) is 6.33 Å². The topological polar surface area (TPSA) is 57.8 Å². The molecule has 1 amide bonds. The monoisotopic (exact) mass is 339 g/mol. The number of hydrogen-bond donors (Lipinski definition) is 2. The van der Waals surface area contributed by atoms with E-state index in [1.807, 2.05) is 54.7 Å². The van der Waals surface area contributed by atoms with Gasteiger partial charge in [0.1, 0.15) is 0 Å². The molecule has 0 saturated heterocycles. The highest BCUT2D eigenvalue weighted by Gasteiger charge is 2.05. The summed E-state index contributed by atoms with van der Waals surface area (Å²) in [6, 6.07) is 15.1. The van der Waals surface area contributed by atoms with E-state index in [4.69, 9.17) is 11.6 Å². The van der Waals surface area contributed by atoms with Gasteiger partial charge in [0, 0.05) is 23.3 Å². The quantitative estimate of drug-likeness (QED) is 0.718. The van der Waals surface area contributed by atoms with Crippen LogP contribution in [0.15, 0.2) is 61.1 Å². The summed E-state index contributed by atoms with van der Waals surface area (Å²) in [7, 11) is 0. The van der Waals surface area contributed by atoms with Crippen LogP contribution in [-0.2, 0) is 19.4 Å². The van der Waals surface area contributed by atoms with Crippen molar-refractivity contribution in [2.45, 2.75) is 19.4 Å². The number of hydrogen-bond acceptors (Lipinski definition) is 2. The first-order chi connectivity index (χ1) is 11.7. The summed E-state index contributed by atoms with van der Waals surface area (Å²) in [5.41, 5.74) is 3.91. The molecule has 2 N–H and O–H groups in total. The van der Waals surface area contributed by atoms with Crippen molar-refractivity contribution in [1.29, 1.82) is 0 Å². The summed E-state index contributed by atoms with van der Waals surface area (Å²) in [5, 5.41) is 3.60. The molecule has 3 aromatic rings. The number of benzene rings is 2. The predicted molar refractivity (Wildman–Crippen MR) is 95.1 cm³/mol. The first-order valence-corrected chi connectivity index (χ1v) is 8.18. The van der Waals surface area contributed by atoms with Crippen molar-refractivity contribution in [3.8, 4) is 0 Å². The normalized spacial score (nSPS) is 10.5. The minimum absolute atomic E-state index is 0.0798. The van der Waals surface area contributed by atoms with Gasteiger partial charge in [0.25, 0.3) is 5.91 Å². The largest absolute Gasteiger partial charge is 0.351 e. The standard InChI is InChI=1S/C19H18ClN3O/c20-17-8-3-15(4-9-17)11-22-19(24)16-6-1-14(2-7-16)5-10-18-12-21-13-23-18/h1-4,6-9,12-13H,5,10-11H2,(H,21,23)(H,22,24). The van der Waals surface area contributed by atoms with Crippen molar-refractivity contribution in [1.82, 2.24) is 15.3 Å². The molecule has 1 heterocycles. The van der Waals surface area contributed by atoms with E-state index in [1.165, 1.54) is 5.56 Å². The number of H-pyrrole nitrogens is 1. The third-order valence-corrected chi connectivity index (χ3v) is 4.06. The molecule has 0 aliphatic rings. The lowest BCUT2D eigenvalue weighted by molar-refractivity contribution is 0.0951. The fourth-order valence-corrected chi connectivity index (χ4v) is 2.54. The van der Waals surface area contributed by atoms with E-state index in [0.717, 1.165) is 24.1 Å². The second-order valence-electron chi connectivity index (χ2n) is 5.57. The highest BCUT2D eigenvalue weighted by Crippen LogP contribution is 2.10. The van der Waals surface area contributed by atoms with Gasteiger partial charge in [0.2, 0.25) is 0 Å². The molecule has 3 rings (SSSR count). The molecule has 24 heavy (non-hydrogen) atoms. The van der Waals surface area contributed by atoms with E-state index in [2.05, 4.69) is 15.3 Å². The van der Waals surface area contributed by atoms with Crippen LogP contribution in [0.2, 0.25) is 5.02 Å². The fourth-order valence-electron chi connectivity index (χ4n) is 2.41. The summed E-state index contributed by atoms with van der Waals surface area (Å²) >= 11 is 5.85. The summed E-state index contributed by atoms with van der Waals surface area (Å²) in [6.45, 7) is 0.483. The maximum Gasteiger partial charge on any atom is 0.251 e. The van der Waals surface area contributed by atoms with Gasteiger partial charge in [-0.05, 0) is 48.2 Å². The van der Waals surface area contributed by atoms with Gasteiger partial charge in [0.05, 0.1) is 12.0 Å². The zero-order valence-corrected chi connectivity index (χ0v) is 13.9. The Labute approximate surface area is 145 Å². The van der Waals surface area contributed by atoms with Gasteiger partial charge in [-0.2, -0.15) is 0 Å². The van der Waals surface area contributed by atoms with Gasteiger partial charge >= 0.3 is 0 Å². The van der Waals surface area contributed by atoms with Gasteiger partial charge in [-0.25, -0.2) is 4.98 Å². The first-order valence-electron chi connectivity index (χ1n) is 7.80. The molecule has 0 unspecified atom stereocenters. The Morgan fingerprint density at radius 2 is 1.71 bits per heavy atom. The lowest BCUT2D eigenvalue weighted by Gasteiger charge is -2.07. The Bertz CT molecular complexity index is 780. The molecule has 0 aliphatic heterocycles. The van der Waals surface area contributed by atoms with Crippen molar-refractivity contribution < 1.29 is 4.79 Å². The summed E-state index contributed by atoms with van der Waals surface area (Å²) in [6.07, 6.45) is 5.37. The molecule has 0 atom stereocenters. The summed E-state index contributed by atoms with van der Waals surface area (Å²) < 4.78 is 0. The van der Waals surface area contributed by atoms with Gasteiger partial charge < -0.3 is 10.3 Å². The number of amides is 1. The molecule has 5 heteroatoms. The van der Waals surface area contributed by atoms with Crippen LogP contribution in [0.25, 0.3) is 0 Å². The van der Waals surface area contributed by atoms with Crippen molar-refractivity contribution in [3.05, 3.63) is 88.5 Å². The Morgan fingerprint density at radius 3 is 2.38 bits per heavy atom. The number of carbonyl (C=O) groups is 1. The molecule has 0 radical (unpaired) electrons. The molecule has 0 spiro atoms. The number of nitrogens with zero attached hydrogens (tertiary/aromatic N) is 1. The predicted octanol–water partition coefficient (Wildman–Crippen LogP) is 3.78. The third-order valence-electron chi connectivity index (χ3n) is 3.81. The molecule has 0 aliphatic carbocycles. The third kappa shape index (κ3) is 4.46. The average Bonchev–Trinajstić information content (AvgIpc) is 3.13.